The SMILES string of the molecule is CCCCCCc1cc2sc(-c3ccnc(/C([NH-])=C/C(=N)C(F)(F)F)c3)cc2s1.N#CS[C@H]1[n+]2ccc(C(=O)O)cc2-c2cc(C(=O)O)cc(-c3cc(C(=O)O)ccn3)[n+]21.[Ru+]. The number of allylic oxidation sites excluding steroid dienone is 1. The Bertz CT molecular complexity index is 2720. The number of thioether (sulfide) groups is 1. The number of pyridine rings is 4. The Morgan fingerprint density at radius 1 is 0.885 bits per heavy atom. The summed E-state index contributed by atoms with van der Waals surface area (Å²) in [6.45, 7) is 2.20. The molecular weight excluding hydrogens is 941 g/mol. The van der Waals surface area contributed by atoms with Gasteiger partial charge in [0.1, 0.15) is 28.6 Å². The standard InChI is InChI=1S/C21H21F3N3S2.C20H10N4O6S.Ru/c1-2-3-4-5-6-14-10-18-19(28-14)12-17(29-18)13-7-8-27-16(9-13)15(25)11-20(26)21(22,23)24;21-9-31-20-23-4-2-11(18(27)28)6-15(23)16-8-12(19(29)30)7-14(24(16)20)13-5-10(17(25)26)1-3-22-13;/h7-12,25-26H,2-6H2,1H3;1-8,20H,(H-2,25,26,27,28,29,30);/q-1;;+1/p+2/b15-11-,26-20?;;/t;20-;/m.0./s1. The number of aromatic carboxylic acids is 3. The molecule has 7 rings (SSSR count). The van der Waals surface area contributed by atoms with E-state index in [1.807, 2.05) is 5.40 Å². The molecule has 313 valence electrons. The van der Waals surface area contributed by atoms with Crippen molar-refractivity contribution in [2.45, 2.75) is 50.7 Å². The minimum absolute atomic E-state index is 0. The van der Waals surface area contributed by atoms with Crippen LogP contribution in [0.15, 0.2) is 85.3 Å². The number of hydrogen-bond donors (Lipinski definition) is 4. The Labute approximate surface area is 370 Å². The number of aryl methyl sites for hydroxylation is 1. The Kier molecular flexibility index (Phi) is 14.9. The van der Waals surface area contributed by atoms with Crippen LogP contribution in [0, 0.1) is 16.1 Å². The Morgan fingerprint density at radius 2 is 1.54 bits per heavy atom. The molecule has 7 heterocycles. The van der Waals surface area contributed by atoms with Gasteiger partial charge in [0.2, 0.25) is 5.69 Å². The third-order valence-corrected chi connectivity index (χ3v) is 12.3. The summed E-state index contributed by atoms with van der Waals surface area (Å²) >= 11 is 4.28. The quantitative estimate of drug-likeness (QED) is 0.0282. The van der Waals surface area contributed by atoms with Gasteiger partial charge in [-0.2, -0.15) is 18.4 Å². The van der Waals surface area contributed by atoms with Crippen LogP contribution in [0.25, 0.3) is 54.0 Å². The molecule has 13 nitrogen and oxygen atoms in total. The molecule has 1 atom stereocenters. The molecule has 0 spiro atoms. The van der Waals surface area contributed by atoms with E-state index in [9.17, 15) is 48.1 Å². The van der Waals surface area contributed by atoms with Gasteiger partial charge in [0, 0.05) is 61.5 Å². The van der Waals surface area contributed by atoms with E-state index < -0.39 is 41.0 Å². The molecule has 6 aromatic rings. The molecule has 5 N–H and O–H groups in total. The van der Waals surface area contributed by atoms with E-state index in [-0.39, 0.29) is 53.3 Å². The van der Waals surface area contributed by atoms with E-state index in [2.05, 4.69) is 29.0 Å². The van der Waals surface area contributed by atoms with Crippen molar-refractivity contribution in [1.82, 2.24) is 9.97 Å². The van der Waals surface area contributed by atoms with Gasteiger partial charge in [-0.1, -0.05) is 26.2 Å². The predicted molar refractivity (Wildman–Crippen MR) is 221 cm³/mol. The van der Waals surface area contributed by atoms with E-state index in [0.717, 1.165) is 28.6 Å². The molecule has 0 saturated heterocycles. The van der Waals surface area contributed by atoms with Crippen molar-refractivity contribution in [2.24, 2.45) is 0 Å². The second-order valence-corrected chi connectivity index (χ2v) is 16.3. The predicted octanol–water partition coefficient (Wildman–Crippen LogP) is 9.74. The summed E-state index contributed by atoms with van der Waals surface area (Å²) in [5.41, 5.74) is 7.16. The molecule has 61 heavy (non-hydrogen) atoms. The summed E-state index contributed by atoms with van der Waals surface area (Å²) in [7, 11) is 0. The first-order valence-corrected chi connectivity index (χ1v) is 20.5. The number of hydrogen-bond acceptors (Lipinski definition) is 10. The van der Waals surface area contributed by atoms with Gasteiger partial charge in [0.25, 0.3) is 11.4 Å². The number of carboxylic acids is 3. The number of rotatable bonds is 13. The summed E-state index contributed by atoms with van der Waals surface area (Å²) in [4.78, 5) is 45.2. The Balaban J connectivity index is 0.000000228. The first-order chi connectivity index (χ1) is 28.6. The first-order valence-electron chi connectivity index (χ1n) is 18.0. The van der Waals surface area contributed by atoms with Crippen LogP contribution in [0.4, 0.5) is 13.2 Å². The van der Waals surface area contributed by atoms with Crippen LogP contribution >= 0.6 is 34.4 Å². The van der Waals surface area contributed by atoms with E-state index in [4.69, 9.17) is 11.1 Å². The number of halogens is 3. The molecule has 1 aliphatic rings. The third-order valence-electron chi connectivity index (χ3n) is 9.18. The minimum Gasteiger partial charge on any atom is -0.697 e. The van der Waals surface area contributed by atoms with E-state index in [0.29, 0.717) is 17.5 Å². The van der Waals surface area contributed by atoms with Crippen LogP contribution in [0.2, 0.25) is 0 Å². The normalized spacial score (nSPS) is 13.0. The number of nitrogens with zero attached hydrogens (tertiary/aromatic N) is 5. The average Bonchev–Trinajstić information content (AvgIpc) is 3.89. The Hall–Kier alpha value is -5.87. The topological polar surface area (TPSA) is 217 Å². The largest absolute Gasteiger partial charge is 1.00 e. The van der Waals surface area contributed by atoms with Crippen LogP contribution in [-0.4, -0.2) is 55.1 Å². The summed E-state index contributed by atoms with van der Waals surface area (Å²) in [6, 6.07) is 15.8. The number of carboxylic acid groups (broad SMARTS) is 3. The van der Waals surface area contributed by atoms with Gasteiger partial charge in [0.05, 0.1) is 16.7 Å². The van der Waals surface area contributed by atoms with Crippen LogP contribution in [0.5, 0.6) is 0 Å². The average molecular weight is 974 g/mol. The van der Waals surface area contributed by atoms with Crippen LogP contribution < -0.4 is 9.13 Å². The number of thiophene rings is 2. The number of carbonyl (C=O) groups is 3. The molecular formula is C41H33F3N7O6RuS3+2. The van der Waals surface area contributed by atoms with Gasteiger partial charge in [-0.3, -0.25) is 10.4 Å². The fourth-order valence-corrected chi connectivity index (χ4v) is 9.48. The summed E-state index contributed by atoms with van der Waals surface area (Å²) in [6.07, 6.45) is 6.05. The zero-order valence-electron chi connectivity index (χ0n) is 31.7. The second-order valence-electron chi connectivity index (χ2n) is 13.2. The number of alkyl halides is 3. The molecule has 0 aliphatic carbocycles. The molecule has 1 aliphatic heterocycles. The van der Waals surface area contributed by atoms with Gasteiger partial charge in [-0.05, 0) is 60.9 Å². The molecule has 0 amide bonds. The number of thiocyanates is 1. The van der Waals surface area contributed by atoms with Crippen molar-refractivity contribution in [3.8, 4) is 38.6 Å². The fourth-order valence-electron chi connectivity index (χ4n) is 6.30. The third kappa shape index (κ3) is 10.5. The zero-order valence-corrected chi connectivity index (χ0v) is 35.9. The molecule has 0 saturated carbocycles. The van der Waals surface area contributed by atoms with Crippen molar-refractivity contribution in [1.29, 1.82) is 10.7 Å². The van der Waals surface area contributed by atoms with Crippen molar-refractivity contribution < 1.29 is 71.5 Å². The molecule has 0 bridgehead atoms. The van der Waals surface area contributed by atoms with Crippen LogP contribution in [0.3, 0.4) is 0 Å². The van der Waals surface area contributed by atoms with Crippen molar-refractivity contribution in [3.05, 3.63) is 118 Å². The van der Waals surface area contributed by atoms with Gasteiger partial charge >= 0.3 is 49.1 Å². The Morgan fingerprint density at radius 3 is 2.20 bits per heavy atom. The van der Waals surface area contributed by atoms with Crippen molar-refractivity contribution in [2.75, 3.05) is 0 Å². The summed E-state index contributed by atoms with van der Waals surface area (Å²) < 4.78 is 43.3. The smallest absolute Gasteiger partial charge is 0.697 e. The van der Waals surface area contributed by atoms with E-state index in [1.54, 1.807) is 43.9 Å². The molecule has 6 aromatic heterocycles. The number of aromatic nitrogens is 4. The van der Waals surface area contributed by atoms with Crippen molar-refractivity contribution >= 4 is 73.2 Å². The van der Waals surface area contributed by atoms with Gasteiger partial charge in [-0.15, -0.1) is 37.5 Å². The monoisotopic (exact) mass is 974 g/mol. The van der Waals surface area contributed by atoms with Gasteiger partial charge < -0.3 is 21.1 Å². The minimum atomic E-state index is -4.77. The van der Waals surface area contributed by atoms with E-state index in [1.165, 1.54) is 94.9 Å². The maximum Gasteiger partial charge on any atom is 1.00 e. The zero-order chi connectivity index (χ0) is 43.3. The fraction of sp³-hybridized carbons (Fsp3) is 0.195. The molecule has 0 fully saturated rings. The van der Waals surface area contributed by atoms with Gasteiger partial charge in [0.15, 0.2) is 6.20 Å². The van der Waals surface area contributed by atoms with Crippen LogP contribution in [0.1, 0.15) is 79.7 Å². The number of nitriles is 1. The maximum absolute atomic E-state index is 12.5. The molecule has 0 unspecified atom stereocenters. The number of fused-ring (bicyclic) bond motifs is 4. The summed E-state index contributed by atoms with van der Waals surface area (Å²) in [5, 5.41) is 46.7. The first kappa shape index (κ1) is 46.2. The maximum atomic E-state index is 12.5. The van der Waals surface area contributed by atoms with Gasteiger partial charge in [-0.25, -0.2) is 19.4 Å². The van der Waals surface area contributed by atoms with E-state index >= 15 is 0 Å². The summed E-state index contributed by atoms with van der Waals surface area (Å²) in [5.74, 6) is -3.56. The molecule has 0 aromatic carbocycles. The van der Waals surface area contributed by atoms with Crippen molar-refractivity contribution in [3.63, 3.8) is 0 Å². The second kappa shape index (κ2) is 19.7. The molecule has 20 heteroatoms. The number of nitrogens with one attached hydrogen (secondary N) is 2. The number of unbranched alkanes of at least 4 members (excludes halogenated alkanes) is 3. The van der Waals surface area contributed by atoms with Crippen LogP contribution in [-0.2, 0) is 25.9 Å². The molecule has 1 radical (unpaired) electrons.